The quantitative estimate of drug-likeness (QED) is 0.824. The maximum atomic E-state index is 12.8. The second kappa shape index (κ2) is 7.14. The van der Waals surface area contributed by atoms with Crippen LogP contribution in [0.5, 0.6) is 0 Å². The first-order chi connectivity index (χ1) is 10.4. The molecule has 0 bridgehead atoms. The van der Waals surface area contributed by atoms with Gasteiger partial charge in [0.25, 0.3) is 0 Å². The third-order valence-electron chi connectivity index (χ3n) is 3.52. The zero-order valence-corrected chi connectivity index (χ0v) is 14.8. The summed E-state index contributed by atoms with van der Waals surface area (Å²) in [5, 5.41) is 0.641. The Hall–Kier alpha value is -1.55. The molecule has 1 aromatic carbocycles. The van der Waals surface area contributed by atoms with Crippen molar-refractivity contribution in [2.75, 3.05) is 0 Å². The molecule has 0 fully saturated rings. The van der Waals surface area contributed by atoms with Crippen molar-refractivity contribution in [1.82, 2.24) is 9.97 Å². The number of hydrogen-bond acceptors (Lipinski definition) is 3. The molecule has 4 heteroatoms. The molecular weight excluding hydrogens is 292 g/mol. The van der Waals surface area contributed by atoms with Crippen LogP contribution < -0.4 is 0 Å². The van der Waals surface area contributed by atoms with Gasteiger partial charge < -0.3 is 0 Å². The molecule has 0 amide bonds. The van der Waals surface area contributed by atoms with E-state index >= 15 is 0 Å². The van der Waals surface area contributed by atoms with Crippen molar-refractivity contribution < 1.29 is 4.21 Å². The molecule has 0 aliphatic heterocycles. The van der Waals surface area contributed by atoms with Gasteiger partial charge in [0, 0.05) is 6.20 Å². The van der Waals surface area contributed by atoms with Gasteiger partial charge in [-0.2, -0.15) is 0 Å². The first-order valence-electron chi connectivity index (χ1n) is 7.69. The van der Waals surface area contributed by atoms with E-state index in [0.717, 1.165) is 17.0 Å². The zero-order valence-electron chi connectivity index (χ0n) is 14.0. The van der Waals surface area contributed by atoms with Gasteiger partial charge in [0.2, 0.25) is 0 Å². The molecule has 3 nitrogen and oxygen atoms in total. The maximum absolute atomic E-state index is 12.8. The standard InChI is InChI=1S/C18H24N2OS/c1-12(2)16-10-19-17(13(3)4)18(20-16)22(21)11-15-8-6-7-14(5)9-15/h6-10,12-13H,11H2,1-5H3. The second-order valence-corrected chi connectivity index (χ2v) is 7.64. The molecule has 1 unspecified atom stereocenters. The highest BCUT2D eigenvalue weighted by atomic mass is 32.2. The molecule has 0 saturated carbocycles. The van der Waals surface area contributed by atoms with Crippen molar-refractivity contribution in [2.24, 2.45) is 0 Å². The molecule has 1 heterocycles. The summed E-state index contributed by atoms with van der Waals surface area (Å²) in [7, 11) is -1.18. The largest absolute Gasteiger partial charge is 0.256 e. The van der Waals surface area contributed by atoms with Gasteiger partial charge in [0.15, 0.2) is 0 Å². The van der Waals surface area contributed by atoms with Gasteiger partial charge in [0.1, 0.15) is 5.03 Å². The summed E-state index contributed by atoms with van der Waals surface area (Å²) >= 11 is 0. The van der Waals surface area contributed by atoms with Crippen LogP contribution in [0.2, 0.25) is 0 Å². The normalized spacial score (nSPS) is 12.9. The van der Waals surface area contributed by atoms with E-state index in [1.165, 1.54) is 5.56 Å². The Balaban J connectivity index is 2.36. The molecule has 118 valence electrons. The highest BCUT2D eigenvalue weighted by molar-refractivity contribution is 7.84. The molecule has 0 saturated heterocycles. The Labute approximate surface area is 135 Å². The second-order valence-electron chi connectivity index (χ2n) is 6.27. The van der Waals surface area contributed by atoms with E-state index in [9.17, 15) is 4.21 Å². The fourth-order valence-corrected chi connectivity index (χ4v) is 3.61. The maximum Gasteiger partial charge on any atom is 0.149 e. The van der Waals surface area contributed by atoms with E-state index in [1.807, 2.05) is 31.3 Å². The number of rotatable bonds is 5. The fourth-order valence-electron chi connectivity index (χ4n) is 2.26. The van der Waals surface area contributed by atoms with Crippen LogP contribution in [-0.2, 0) is 16.6 Å². The van der Waals surface area contributed by atoms with Crippen LogP contribution in [0.15, 0.2) is 35.5 Å². The average molecular weight is 316 g/mol. The number of nitrogens with zero attached hydrogens (tertiary/aromatic N) is 2. The van der Waals surface area contributed by atoms with Gasteiger partial charge in [-0.25, -0.2) is 4.98 Å². The molecule has 1 aromatic heterocycles. The predicted molar refractivity (Wildman–Crippen MR) is 91.5 cm³/mol. The molecule has 1 atom stereocenters. The van der Waals surface area contributed by atoms with E-state index in [4.69, 9.17) is 0 Å². The smallest absolute Gasteiger partial charge is 0.149 e. The van der Waals surface area contributed by atoms with E-state index in [1.54, 1.807) is 0 Å². The van der Waals surface area contributed by atoms with Crippen LogP contribution >= 0.6 is 0 Å². The topological polar surface area (TPSA) is 42.9 Å². The molecule has 2 rings (SSSR count). The molecule has 0 radical (unpaired) electrons. The van der Waals surface area contributed by atoms with Gasteiger partial charge >= 0.3 is 0 Å². The van der Waals surface area contributed by atoms with E-state index < -0.39 is 10.8 Å². The molecule has 0 aliphatic carbocycles. The Morgan fingerprint density at radius 1 is 1.14 bits per heavy atom. The van der Waals surface area contributed by atoms with E-state index in [-0.39, 0.29) is 11.8 Å². The van der Waals surface area contributed by atoms with E-state index in [0.29, 0.717) is 10.8 Å². The highest BCUT2D eigenvalue weighted by Crippen LogP contribution is 2.23. The Kier molecular flexibility index (Phi) is 5.46. The van der Waals surface area contributed by atoms with Crippen LogP contribution in [0, 0.1) is 6.92 Å². The average Bonchev–Trinajstić information content (AvgIpc) is 2.46. The lowest BCUT2D eigenvalue weighted by Crippen LogP contribution is -2.10. The van der Waals surface area contributed by atoms with Crippen molar-refractivity contribution in [3.8, 4) is 0 Å². The first kappa shape index (κ1) is 16.8. The minimum Gasteiger partial charge on any atom is -0.256 e. The van der Waals surface area contributed by atoms with Crippen molar-refractivity contribution in [3.63, 3.8) is 0 Å². The molecule has 2 aromatic rings. The summed E-state index contributed by atoms with van der Waals surface area (Å²) in [6.07, 6.45) is 1.81. The predicted octanol–water partition coefficient (Wildman–Crippen LogP) is 4.34. The molecule has 22 heavy (non-hydrogen) atoms. The minimum absolute atomic E-state index is 0.213. The summed E-state index contributed by atoms with van der Waals surface area (Å²) in [5.74, 6) is 0.978. The number of hydrogen-bond donors (Lipinski definition) is 0. The lowest BCUT2D eigenvalue weighted by atomic mass is 10.1. The SMILES string of the molecule is Cc1cccc(CS(=O)c2nc(C(C)C)cnc2C(C)C)c1. The molecule has 0 N–H and O–H groups in total. The van der Waals surface area contributed by atoms with Crippen molar-refractivity contribution >= 4 is 10.8 Å². The van der Waals surface area contributed by atoms with Gasteiger partial charge in [0.05, 0.1) is 27.9 Å². The van der Waals surface area contributed by atoms with Crippen LogP contribution in [0.3, 0.4) is 0 Å². The van der Waals surface area contributed by atoms with Crippen molar-refractivity contribution in [1.29, 1.82) is 0 Å². The van der Waals surface area contributed by atoms with Gasteiger partial charge in [-0.1, -0.05) is 57.5 Å². The van der Waals surface area contributed by atoms with Crippen LogP contribution in [0.1, 0.15) is 62.0 Å². The van der Waals surface area contributed by atoms with Gasteiger partial charge in [-0.3, -0.25) is 9.19 Å². The molecule has 0 aliphatic rings. The molecular formula is C18H24N2OS. The zero-order chi connectivity index (χ0) is 16.3. The third-order valence-corrected chi connectivity index (χ3v) is 4.85. The highest BCUT2D eigenvalue weighted by Gasteiger charge is 2.18. The lowest BCUT2D eigenvalue weighted by molar-refractivity contribution is 0.665. The Morgan fingerprint density at radius 2 is 1.86 bits per heavy atom. The summed E-state index contributed by atoms with van der Waals surface area (Å²) in [6.45, 7) is 10.3. The van der Waals surface area contributed by atoms with Crippen molar-refractivity contribution in [3.05, 3.63) is 53.0 Å². The Morgan fingerprint density at radius 3 is 2.45 bits per heavy atom. The fraction of sp³-hybridized carbons (Fsp3) is 0.444. The minimum atomic E-state index is -1.18. The first-order valence-corrected chi connectivity index (χ1v) is 9.01. The lowest BCUT2D eigenvalue weighted by Gasteiger charge is -2.13. The number of aromatic nitrogens is 2. The Bertz CT molecular complexity index is 681. The summed E-state index contributed by atoms with van der Waals surface area (Å²) < 4.78 is 12.8. The number of aryl methyl sites for hydroxylation is 1. The monoisotopic (exact) mass is 316 g/mol. The van der Waals surface area contributed by atoms with Gasteiger partial charge in [-0.05, 0) is 24.3 Å². The van der Waals surface area contributed by atoms with Crippen LogP contribution in [-0.4, -0.2) is 14.2 Å². The van der Waals surface area contributed by atoms with Crippen LogP contribution in [0.4, 0.5) is 0 Å². The number of benzene rings is 1. The third kappa shape index (κ3) is 4.01. The van der Waals surface area contributed by atoms with Crippen molar-refractivity contribution in [2.45, 2.75) is 57.2 Å². The molecule has 0 spiro atoms. The van der Waals surface area contributed by atoms with Gasteiger partial charge in [-0.15, -0.1) is 0 Å². The van der Waals surface area contributed by atoms with Crippen LogP contribution in [0.25, 0.3) is 0 Å². The summed E-state index contributed by atoms with van der Waals surface area (Å²) in [4.78, 5) is 9.17. The summed E-state index contributed by atoms with van der Waals surface area (Å²) in [5.41, 5.74) is 4.00. The summed E-state index contributed by atoms with van der Waals surface area (Å²) in [6, 6.07) is 8.14. The van der Waals surface area contributed by atoms with E-state index in [2.05, 4.69) is 43.7 Å².